The molecular weight excluding hydrogens is 344 g/mol. The number of rotatable bonds is 6. The summed E-state index contributed by atoms with van der Waals surface area (Å²) in [5, 5.41) is 13.1. The van der Waals surface area contributed by atoms with Gasteiger partial charge in [-0.3, -0.25) is 24.7 Å². The second-order valence-electron chi connectivity index (χ2n) is 7.44. The van der Waals surface area contributed by atoms with Crippen molar-refractivity contribution < 1.29 is 14.4 Å². The quantitative estimate of drug-likeness (QED) is 0.471. The summed E-state index contributed by atoms with van der Waals surface area (Å²) < 4.78 is 0. The number of nitrogens with zero attached hydrogens (tertiary/aromatic N) is 3. The highest BCUT2D eigenvalue weighted by molar-refractivity contribution is 6.47. The molecule has 1 heterocycles. The van der Waals surface area contributed by atoms with Crippen LogP contribution in [0.4, 0.5) is 5.69 Å². The third-order valence-electron chi connectivity index (χ3n) is 4.54. The molecule has 0 radical (unpaired) electrons. The molecule has 0 atom stereocenters. The number of fused-ring (bicyclic) bond motifs is 1. The van der Waals surface area contributed by atoms with Crippen LogP contribution in [-0.2, 0) is 4.79 Å². The number of amides is 2. The van der Waals surface area contributed by atoms with Gasteiger partial charge in [0, 0.05) is 11.5 Å². The van der Waals surface area contributed by atoms with Crippen LogP contribution in [0.5, 0.6) is 0 Å². The first-order valence-electron chi connectivity index (χ1n) is 8.96. The van der Waals surface area contributed by atoms with Crippen molar-refractivity contribution in [2.45, 2.75) is 53.5 Å². The van der Waals surface area contributed by atoms with E-state index in [1.165, 1.54) is 4.90 Å². The van der Waals surface area contributed by atoms with E-state index in [9.17, 15) is 19.6 Å². The standard InChI is InChI=1S/C20H24N4O3/c1-6-12(7-2)24-18(26)13-9-8-10-14(16(13)19(24)27)22-23-15(11-21)17(25)20(3,4)5/h8-10,12,22H,6-7H2,1-5H3. The molecule has 1 aliphatic rings. The molecule has 0 aliphatic carbocycles. The van der Waals surface area contributed by atoms with E-state index in [1.54, 1.807) is 45.0 Å². The Morgan fingerprint density at radius 3 is 2.37 bits per heavy atom. The zero-order chi connectivity index (χ0) is 20.4. The van der Waals surface area contributed by atoms with Crippen LogP contribution in [0.1, 0.15) is 68.2 Å². The lowest BCUT2D eigenvalue weighted by molar-refractivity contribution is -0.119. The Bertz CT molecular complexity index is 855. The molecule has 0 fully saturated rings. The van der Waals surface area contributed by atoms with Crippen molar-refractivity contribution in [2.75, 3.05) is 5.43 Å². The van der Waals surface area contributed by atoms with Crippen molar-refractivity contribution in [3.63, 3.8) is 0 Å². The number of carbonyl (C=O) groups excluding carboxylic acids is 3. The van der Waals surface area contributed by atoms with Crippen LogP contribution < -0.4 is 5.43 Å². The van der Waals surface area contributed by atoms with Gasteiger partial charge in [0.15, 0.2) is 5.78 Å². The minimum atomic E-state index is -0.757. The zero-order valence-electron chi connectivity index (χ0n) is 16.3. The van der Waals surface area contributed by atoms with Crippen molar-refractivity contribution in [2.24, 2.45) is 10.5 Å². The number of hydrogen-bond donors (Lipinski definition) is 1. The number of benzene rings is 1. The van der Waals surface area contributed by atoms with Crippen LogP contribution in [0.2, 0.25) is 0 Å². The van der Waals surface area contributed by atoms with Crippen LogP contribution in [0.15, 0.2) is 23.3 Å². The molecule has 0 saturated heterocycles. The molecule has 27 heavy (non-hydrogen) atoms. The first-order chi connectivity index (χ1) is 12.7. The Kier molecular flexibility index (Phi) is 5.79. The van der Waals surface area contributed by atoms with Gasteiger partial charge in [-0.25, -0.2) is 0 Å². The Balaban J connectivity index is 2.41. The molecule has 1 aliphatic heterocycles. The number of hydrogen-bond acceptors (Lipinski definition) is 6. The number of nitriles is 1. The molecule has 0 saturated carbocycles. The monoisotopic (exact) mass is 368 g/mol. The van der Waals surface area contributed by atoms with E-state index in [2.05, 4.69) is 10.5 Å². The molecule has 2 rings (SSSR count). The first kappa shape index (κ1) is 20.3. The smallest absolute Gasteiger partial charge is 0.263 e. The van der Waals surface area contributed by atoms with E-state index >= 15 is 0 Å². The molecule has 142 valence electrons. The average molecular weight is 368 g/mol. The summed E-state index contributed by atoms with van der Waals surface area (Å²) >= 11 is 0. The van der Waals surface area contributed by atoms with Crippen LogP contribution in [0.25, 0.3) is 0 Å². The van der Waals surface area contributed by atoms with Crippen LogP contribution in [-0.4, -0.2) is 34.3 Å². The van der Waals surface area contributed by atoms with Gasteiger partial charge in [-0.15, -0.1) is 0 Å². The van der Waals surface area contributed by atoms with Crippen molar-refractivity contribution in [3.05, 3.63) is 29.3 Å². The molecule has 0 aromatic heterocycles. The molecule has 7 heteroatoms. The molecule has 1 N–H and O–H groups in total. The number of carbonyl (C=O) groups is 3. The van der Waals surface area contributed by atoms with E-state index in [-0.39, 0.29) is 29.1 Å². The van der Waals surface area contributed by atoms with Gasteiger partial charge in [0.25, 0.3) is 11.8 Å². The lowest BCUT2D eigenvalue weighted by Gasteiger charge is -2.23. The highest BCUT2D eigenvalue weighted by Crippen LogP contribution is 2.32. The molecule has 0 bridgehead atoms. The van der Waals surface area contributed by atoms with Crippen molar-refractivity contribution >= 4 is 29.0 Å². The fraction of sp³-hybridized carbons (Fsp3) is 0.450. The van der Waals surface area contributed by atoms with Gasteiger partial charge in [0.1, 0.15) is 6.07 Å². The normalized spacial score (nSPS) is 14.4. The zero-order valence-corrected chi connectivity index (χ0v) is 16.3. The maximum Gasteiger partial charge on any atom is 0.263 e. The fourth-order valence-corrected chi connectivity index (χ4v) is 2.98. The van der Waals surface area contributed by atoms with Gasteiger partial charge < -0.3 is 0 Å². The second-order valence-corrected chi connectivity index (χ2v) is 7.44. The summed E-state index contributed by atoms with van der Waals surface area (Å²) in [6, 6.07) is 6.44. The molecular formula is C20H24N4O3. The van der Waals surface area contributed by atoms with Crippen LogP contribution in [0.3, 0.4) is 0 Å². The maximum absolute atomic E-state index is 12.9. The summed E-state index contributed by atoms with van der Waals surface area (Å²) in [5.74, 6) is -1.13. The van der Waals surface area contributed by atoms with Crippen molar-refractivity contribution in [3.8, 4) is 6.07 Å². The van der Waals surface area contributed by atoms with E-state index in [0.29, 0.717) is 24.1 Å². The van der Waals surface area contributed by atoms with Crippen molar-refractivity contribution in [1.82, 2.24) is 4.90 Å². The molecule has 1 aromatic rings. The fourth-order valence-electron chi connectivity index (χ4n) is 2.98. The summed E-state index contributed by atoms with van der Waals surface area (Å²) in [7, 11) is 0. The topological polar surface area (TPSA) is 103 Å². The number of hydrazone groups is 1. The predicted molar refractivity (Wildman–Crippen MR) is 102 cm³/mol. The Morgan fingerprint density at radius 1 is 1.22 bits per heavy atom. The number of anilines is 1. The third-order valence-corrected chi connectivity index (χ3v) is 4.54. The largest absolute Gasteiger partial charge is 0.291 e. The third kappa shape index (κ3) is 3.75. The van der Waals surface area contributed by atoms with Crippen LogP contribution in [0, 0.1) is 16.7 Å². The molecule has 0 spiro atoms. The lowest BCUT2D eigenvalue weighted by Crippen LogP contribution is -2.39. The van der Waals surface area contributed by atoms with Gasteiger partial charge >= 0.3 is 0 Å². The number of Topliss-reactive ketones (excluding diaryl/α,β-unsaturated/α-hetero) is 1. The Morgan fingerprint density at radius 2 is 1.85 bits per heavy atom. The number of imide groups is 1. The Hall–Kier alpha value is -3.01. The van der Waals surface area contributed by atoms with Gasteiger partial charge in [0.05, 0.1) is 16.8 Å². The summed E-state index contributed by atoms with van der Waals surface area (Å²) in [4.78, 5) is 39.1. The highest BCUT2D eigenvalue weighted by Gasteiger charge is 2.40. The van der Waals surface area contributed by atoms with Crippen LogP contribution >= 0.6 is 0 Å². The summed E-state index contributed by atoms with van der Waals surface area (Å²) in [6.45, 7) is 8.94. The van der Waals surface area contributed by atoms with Gasteiger partial charge in [-0.2, -0.15) is 10.4 Å². The van der Waals surface area contributed by atoms with E-state index in [4.69, 9.17) is 0 Å². The van der Waals surface area contributed by atoms with E-state index < -0.39 is 11.2 Å². The molecule has 0 unspecified atom stereocenters. The number of ketones is 1. The molecule has 1 aromatic carbocycles. The van der Waals surface area contributed by atoms with Gasteiger partial charge in [-0.05, 0) is 25.0 Å². The van der Waals surface area contributed by atoms with Crippen molar-refractivity contribution in [1.29, 1.82) is 5.26 Å². The highest BCUT2D eigenvalue weighted by atomic mass is 16.2. The second kappa shape index (κ2) is 7.70. The van der Waals surface area contributed by atoms with E-state index in [0.717, 1.165) is 0 Å². The maximum atomic E-state index is 12.9. The minimum Gasteiger partial charge on any atom is -0.291 e. The lowest BCUT2D eigenvalue weighted by atomic mass is 9.88. The van der Waals surface area contributed by atoms with Gasteiger partial charge in [0.2, 0.25) is 5.71 Å². The summed E-state index contributed by atoms with van der Waals surface area (Å²) in [5.41, 5.74) is 2.42. The van der Waals surface area contributed by atoms with E-state index in [1.807, 2.05) is 13.8 Å². The first-order valence-corrected chi connectivity index (χ1v) is 8.96. The average Bonchev–Trinajstić information content (AvgIpc) is 2.88. The molecule has 2 amide bonds. The number of nitrogens with one attached hydrogen (secondary N) is 1. The summed E-state index contributed by atoms with van der Waals surface area (Å²) in [6.07, 6.45) is 1.34. The van der Waals surface area contributed by atoms with Gasteiger partial charge in [-0.1, -0.05) is 40.7 Å². The predicted octanol–water partition coefficient (Wildman–Crippen LogP) is 3.38. The molecule has 7 nitrogen and oxygen atoms in total. The Labute approximate surface area is 159 Å². The SMILES string of the molecule is CCC(CC)N1C(=O)c2cccc(NN=C(C#N)C(=O)C(C)(C)C)c2C1=O. The minimum absolute atomic E-state index is 0.175.